The van der Waals surface area contributed by atoms with Crippen molar-refractivity contribution in [3.05, 3.63) is 19.2 Å². The Kier molecular flexibility index (Phi) is 5.57. The van der Waals surface area contributed by atoms with Crippen molar-refractivity contribution in [2.24, 2.45) is 0 Å². The Morgan fingerprint density at radius 2 is 2.24 bits per heavy atom. The Morgan fingerprint density at radius 1 is 1.59 bits per heavy atom. The number of ether oxygens (including phenoxy) is 1. The molecule has 17 heavy (non-hydrogen) atoms. The molecule has 1 amide bonds. The highest BCUT2D eigenvalue weighted by molar-refractivity contribution is 9.13. The SMILES string of the molecule is COCC(NC(=O)c1cc(Br)c(Br)s1)C(=O)O. The molecule has 0 spiro atoms. The van der Waals surface area contributed by atoms with Gasteiger partial charge in [-0.3, -0.25) is 4.79 Å². The number of nitrogens with one attached hydrogen (secondary N) is 1. The molecule has 0 aromatic carbocycles. The molecule has 1 unspecified atom stereocenters. The molecule has 8 heteroatoms. The maximum absolute atomic E-state index is 11.7. The first-order valence-corrected chi connectivity index (χ1v) is 6.83. The minimum absolute atomic E-state index is 0.0746. The van der Waals surface area contributed by atoms with E-state index in [-0.39, 0.29) is 6.61 Å². The first-order valence-electron chi connectivity index (χ1n) is 4.43. The highest BCUT2D eigenvalue weighted by Crippen LogP contribution is 2.32. The van der Waals surface area contributed by atoms with Gasteiger partial charge in [-0.1, -0.05) is 0 Å². The Morgan fingerprint density at radius 3 is 2.65 bits per heavy atom. The van der Waals surface area contributed by atoms with Crippen molar-refractivity contribution >= 4 is 55.1 Å². The van der Waals surface area contributed by atoms with Gasteiger partial charge in [-0.05, 0) is 37.9 Å². The number of carboxylic acids is 1. The van der Waals surface area contributed by atoms with Gasteiger partial charge >= 0.3 is 5.97 Å². The fourth-order valence-corrected chi connectivity index (χ4v) is 2.97. The second kappa shape index (κ2) is 6.48. The summed E-state index contributed by atoms with van der Waals surface area (Å²) in [6.07, 6.45) is 0. The number of carbonyl (C=O) groups is 2. The van der Waals surface area contributed by atoms with Gasteiger partial charge in [0.25, 0.3) is 5.91 Å². The van der Waals surface area contributed by atoms with E-state index in [2.05, 4.69) is 37.2 Å². The van der Waals surface area contributed by atoms with Crippen LogP contribution in [0.4, 0.5) is 0 Å². The largest absolute Gasteiger partial charge is 0.480 e. The topological polar surface area (TPSA) is 75.6 Å². The van der Waals surface area contributed by atoms with Crippen LogP contribution in [0, 0.1) is 0 Å². The standard InChI is InChI=1S/C9H9Br2NO4S/c1-16-3-5(9(14)15)12-8(13)6-2-4(10)7(11)17-6/h2,5H,3H2,1H3,(H,12,13)(H,14,15). The molecule has 1 heterocycles. The maximum Gasteiger partial charge on any atom is 0.328 e. The fourth-order valence-electron chi connectivity index (χ4n) is 1.03. The third-order valence-electron chi connectivity index (χ3n) is 1.81. The fraction of sp³-hybridized carbons (Fsp3) is 0.333. The molecule has 1 aromatic heterocycles. The maximum atomic E-state index is 11.7. The summed E-state index contributed by atoms with van der Waals surface area (Å²) in [5.74, 6) is -1.57. The van der Waals surface area contributed by atoms with Crippen LogP contribution in [0.25, 0.3) is 0 Å². The minimum atomic E-state index is -1.13. The van der Waals surface area contributed by atoms with Crippen LogP contribution in [-0.4, -0.2) is 36.7 Å². The zero-order chi connectivity index (χ0) is 13.0. The molecule has 0 radical (unpaired) electrons. The van der Waals surface area contributed by atoms with Crippen LogP contribution in [0.5, 0.6) is 0 Å². The third-order valence-corrected chi connectivity index (χ3v) is 5.06. The molecule has 94 valence electrons. The van der Waals surface area contributed by atoms with E-state index in [1.165, 1.54) is 18.4 Å². The van der Waals surface area contributed by atoms with Crippen molar-refractivity contribution in [3.8, 4) is 0 Å². The molecule has 0 fully saturated rings. The van der Waals surface area contributed by atoms with Gasteiger partial charge in [-0.25, -0.2) is 4.79 Å². The molecule has 0 saturated heterocycles. The Hall–Kier alpha value is -0.440. The minimum Gasteiger partial charge on any atom is -0.480 e. The summed E-state index contributed by atoms with van der Waals surface area (Å²) in [7, 11) is 1.38. The van der Waals surface area contributed by atoms with Crippen LogP contribution in [0.15, 0.2) is 14.3 Å². The van der Waals surface area contributed by atoms with Gasteiger partial charge in [0, 0.05) is 11.6 Å². The molecule has 0 aliphatic carbocycles. The van der Waals surface area contributed by atoms with E-state index < -0.39 is 17.9 Å². The molecule has 0 aliphatic heterocycles. The van der Waals surface area contributed by atoms with E-state index in [1.54, 1.807) is 6.07 Å². The molecule has 1 aromatic rings. The van der Waals surface area contributed by atoms with Crippen molar-refractivity contribution in [3.63, 3.8) is 0 Å². The van der Waals surface area contributed by atoms with Crippen LogP contribution >= 0.6 is 43.2 Å². The van der Waals surface area contributed by atoms with E-state index in [4.69, 9.17) is 9.84 Å². The van der Waals surface area contributed by atoms with Crippen molar-refractivity contribution in [2.75, 3.05) is 13.7 Å². The average molecular weight is 387 g/mol. The summed E-state index contributed by atoms with van der Waals surface area (Å²) >= 11 is 7.73. The van der Waals surface area contributed by atoms with E-state index in [9.17, 15) is 9.59 Å². The zero-order valence-electron chi connectivity index (χ0n) is 8.70. The van der Waals surface area contributed by atoms with Gasteiger partial charge in [0.1, 0.15) is 0 Å². The molecular formula is C9H9Br2NO4S. The smallest absolute Gasteiger partial charge is 0.328 e. The van der Waals surface area contributed by atoms with Gasteiger partial charge in [-0.2, -0.15) is 0 Å². The van der Waals surface area contributed by atoms with Crippen molar-refractivity contribution in [1.82, 2.24) is 5.32 Å². The van der Waals surface area contributed by atoms with Gasteiger partial charge in [0.05, 0.1) is 15.3 Å². The predicted molar refractivity (Wildman–Crippen MR) is 70.5 cm³/mol. The van der Waals surface area contributed by atoms with Crippen LogP contribution in [0.3, 0.4) is 0 Å². The number of thiophene rings is 1. The number of methoxy groups -OCH3 is 1. The second-order valence-corrected chi connectivity index (χ2v) is 6.28. The zero-order valence-corrected chi connectivity index (χ0v) is 12.7. The third kappa shape index (κ3) is 4.06. The van der Waals surface area contributed by atoms with E-state index in [1.807, 2.05) is 0 Å². The lowest BCUT2D eigenvalue weighted by molar-refractivity contribution is -0.140. The van der Waals surface area contributed by atoms with Gasteiger partial charge < -0.3 is 15.2 Å². The van der Waals surface area contributed by atoms with E-state index >= 15 is 0 Å². The molecule has 5 nitrogen and oxygen atoms in total. The number of amides is 1. The molecule has 1 rings (SSSR count). The van der Waals surface area contributed by atoms with Gasteiger partial charge in [-0.15, -0.1) is 11.3 Å². The second-order valence-electron chi connectivity index (χ2n) is 3.05. The quantitative estimate of drug-likeness (QED) is 0.812. The van der Waals surface area contributed by atoms with Crippen LogP contribution in [0.2, 0.25) is 0 Å². The molecule has 0 aliphatic rings. The Balaban J connectivity index is 2.73. The lowest BCUT2D eigenvalue weighted by Crippen LogP contribution is -2.43. The molecule has 2 N–H and O–H groups in total. The first-order chi connectivity index (χ1) is 7.95. The number of aliphatic carboxylic acids is 1. The average Bonchev–Trinajstić information content (AvgIpc) is 2.58. The van der Waals surface area contributed by atoms with Crippen molar-refractivity contribution in [2.45, 2.75) is 6.04 Å². The lowest BCUT2D eigenvalue weighted by atomic mass is 10.3. The number of rotatable bonds is 5. The molecular weight excluding hydrogens is 378 g/mol. The molecule has 0 saturated carbocycles. The van der Waals surface area contributed by atoms with Crippen LogP contribution < -0.4 is 5.32 Å². The molecule has 1 atom stereocenters. The monoisotopic (exact) mass is 385 g/mol. The number of halogens is 2. The highest BCUT2D eigenvalue weighted by Gasteiger charge is 2.21. The van der Waals surface area contributed by atoms with Gasteiger partial charge in [0.15, 0.2) is 6.04 Å². The van der Waals surface area contributed by atoms with Gasteiger partial charge in [0.2, 0.25) is 0 Å². The summed E-state index contributed by atoms with van der Waals surface area (Å²) in [5.41, 5.74) is 0. The number of carboxylic acid groups (broad SMARTS) is 1. The number of hydrogen-bond acceptors (Lipinski definition) is 4. The van der Waals surface area contributed by atoms with E-state index in [0.29, 0.717) is 4.88 Å². The summed E-state index contributed by atoms with van der Waals surface area (Å²) < 4.78 is 6.26. The molecule has 0 bridgehead atoms. The predicted octanol–water partition coefficient (Wildman–Crippen LogP) is 2.10. The first kappa shape index (κ1) is 14.6. The summed E-state index contributed by atoms with van der Waals surface area (Å²) in [4.78, 5) is 23.0. The summed E-state index contributed by atoms with van der Waals surface area (Å²) in [6, 6.07) is 0.572. The van der Waals surface area contributed by atoms with E-state index in [0.717, 1.165) is 8.26 Å². The van der Waals surface area contributed by atoms with Crippen LogP contribution in [-0.2, 0) is 9.53 Å². The van der Waals surface area contributed by atoms with Crippen molar-refractivity contribution < 1.29 is 19.4 Å². The lowest BCUT2D eigenvalue weighted by Gasteiger charge is -2.12. The highest BCUT2D eigenvalue weighted by atomic mass is 79.9. The summed E-state index contributed by atoms with van der Waals surface area (Å²) in [5, 5.41) is 11.2. The Bertz CT molecular complexity index is 415. The van der Waals surface area contributed by atoms with Crippen molar-refractivity contribution in [1.29, 1.82) is 0 Å². The Labute approximate surface area is 118 Å². The number of hydrogen-bond donors (Lipinski definition) is 2. The number of carbonyl (C=O) groups excluding carboxylic acids is 1. The normalized spacial score (nSPS) is 12.2. The summed E-state index contributed by atoms with van der Waals surface area (Å²) in [6.45, 7) is -0.0746. The van der Waals surface area contributed by atoms with Crippen LogP contribution in [0.1, 0.15) is 9.67 Å².